The first-order valence-electron chi connectivity index (χ1n) is 5.83. The minimum Gasteiger partial charge on any atom is -0.497 e. The van der Waals surface area contributed by atoms with Crippen LogP contribution in [0.1, 0.15) is 19.4 Å². The highest BCUT2D eigenvalue weighted by Gasteiger charge is 1.95. The molecule has 0 saturated carbocycles. The lowest BCUT2D eigenvalue weighted by Crippen LogP contribution is -1.99. The molecule has 0 aliphatic carbocycles. The first-order valence-corrected chi connectivity index (χ1v) is 5.83. The Kier molecular flexibility index (Phi) is 5.71. The third-order valence-electron chi connectivity index (χ3n) is 2.29. The van der Waals surface area contributed by atoms with Crippen LogP contribution in [0.3, 0.4) is 0 Å². The summed E-state index contributed by atoms with van der Waals surface area (Å²) < 4.78 is 9.91. The van der Waals surface area contributed by atoms with E-state index in [0.717, 1.165) is 16.9 Å². The van der Waals surface area contributed by atoms with Crippen molar-refractivity contribution in [2.45, 2.75) is 13.8 Å². The summed E-state index contributed by atoms with van der Waals surface area (Å²) in [5, 5.41) is 0. The quantitative estimate of drug-likeness (QED) is 0.454. The second-order valence-electron chi connectivity index (χ2n) is 3.75. The number of hydrogen-bond acceptors (Lipinski definition) is 3. The van der Waals surface area contributed by atoms with Crippen LogP contribution < -0.4 is 4.74 Å². The maximum absolute atomic E-state index is 11.2. The summed E-state index contributed by atoms with van der Waals surface area (Å²) in [7, 11) is 1.64. The Labute approximate surface area is 108 Å². The van der Waals surface area contributed by atoms with Gasteiger partial charge in [0.05, 0.1) is 13.7 Å². The van der Waals surface area contributed by atoms with Crippen LogP contribution >= 0.6 is 0 Å². The van der Waals surface area contributed by atoms with Crippen LogP contribution in [0.15, 0.2) is 42.0 Å². The van der Waals surface area contributed by atoms with Gasteiger partial charge in [-0.2, -0.15) is 0 Å². The largest absolute Gasteiger partial charge is 0.497 e. The Morgan fingerprint density at radius 3 is 2.50 bits per heavy atom. The molecule has 0 bridgehead atoms. The Bertz CT molecular complexity index is 441. The predicted octanol–water partition coefficient (Wildman–Crippen LogP) is 3.22. The fourth-order valence-electron chi connectivity index (χ4n) is 1.36. The van der Waals surface area contributed by atoms with Crippen LogP contribution in [0.4, 0.5) is 0 Å². The van der Waals surface area contributed by atoms with Crippen molar-refractivity contribution in [1.82, 2.24) is 0 Å². The summed E-state index contributed by atoms with van der Waals surface area (Å²) in [5.74, 6) is 0.514. The van der Waals surface area contributed by atoms with E-state index in [1.165, 1.54) is 6.08 Å². The van der Waals surface area contributed by atoms with Crippen LogP contribution in [0, 0.1) is 0 Å². The Morgan fingerprint density at radius 2 is 1.94 bits per heavy atom. The second-order valence-corrected chi connectivity index (χ2v) is 3.75. The zero-order valence-corrected chi connectivity index (χ0v) is 11.0. The van der Waals surface area contributed by atoms with Crippen LogP contribution in [0.25, 0.3) is 6.08 Å². The van der Waals surface area contributed by atoms with Crippen molar-refractivity contribution in [3.63, 3.8) is 0 Å². The number of methoxy groups -OCH3 is 1. The molecule has 0 amide bonds. The fraction of sp³-hybridized carbons (Fsp3) is 0.267. The van der Waals surface area contributed by atoms with Gasteiger partial charge in [0.2, 0.25) is 0 Å². The molecule has 0 aliphatic heterocycles. The van der Waals surface area contributed by atoms with Gasteiger partial charge in [-0.3, -0.25) is 0 Å². The molecule has 3 nitrogen and oxygen atoms in total. The van der Waals surface area contributed by atoms with Crippen molar-refractivity contribution in [3.8, 4) is 5.75 Å². The van der Waals surface area contributed by atoms with Gasteiger partial charge in [0.25, 0.3) is 0 Å². The molecule has 0 fully saturated rings. The molecule has 0 aromatic heterocycles. The average molecular weight is 246 g/mol. The molecule has 3 heteroatoms. The van der Waals surface area contributed by atoms with Crippen molar-refractivity contribution in [1.29, 1.82) is 0 Å². The summed E-state index contributed by atoms with van der Waals surface area (Å²) in [5.41, 5.74) is 1.90. The third kappa shape index (κ3) is 4.87. The standard InChI is InChI=1S/C15H18O3/c1-4-18-15(16)11-12(2)5-6-13-7-9-14(17-3)10-8-13/h5-11H,4H2,1-3H3. The lowest BCUT2D eigenvalue weighted by molar-refractivity contribution is -0.137. The first kappa shape index (κ1) is 14.0. The van der Waals surface area contributed by atoms with E-state index in [4.69, 9.17) is 9.47 Å². The molecule has 1 rings (SSSR count). The molecule has 96 valence electrons. The average Bonchev–Trinajstić information content (AvgIpc) is 2.37. The number of carbonyl (C=O) groups is 1. The topological polar surface area (TPSA) is 35.5 Å². The number of hydrogen-bond donors (Lipinski definition) is 0. The maximum Gasteiger partial charge on any atom is 0.330 e. The van der Waals surface area contributed by atoms with Crippen molar-refractivity contribution >= 4 is 12.0 Å². The molecule has 1 aromatic carbocycles. The maximum atomic E-state index is 11.2. The molecule has 0 saturated heterocycles. The molecular formula is C15H18O3. The van der Waals surface area contributed by atoms with E-state index in [-0.39, 0.29) is 5.97 Å². The minimum atomic E-state index is -0.311. The van der Waals surface area contributed by atoms with Gasteiger partial charge < -0.3 is 9.47 Å². The van der Waals surface area contributed by atoms with E-state index in [0.29, 0.717) is 6.61 Å². The summed E-state index contributed by atoms with van der Waals surface area (Å²) in [4.78, 5) is 11.2. The van der Waals surface area contributed by atoms with Gasteiger partial charge in [0.1, 0.15) is 5.75 Å². The number of benzene rings is 1. The summed E-state index contributed by atoms with van der Waals surface area (Å²) in [6.07, 6.45) is 5.28. The normalized spacial score (nSPS) is 11.6. The molecule has 0 aliphatic rings. The molecule has 0 radical (unpaired) electrons. The molecule has 0 unspecified atom stereocenters. The highest BCUT2D eigenvalue weighted by molar-refractivity contribution is 5.83. The number of carbonyl (C=O) groups excluding carboxylic acids is 1. The molecule has 0 spiro atoms. The molecule has 1 aromatic rings. The van der Waals surface area contributed by atoms with Gasteiger partial charge in [-0.25, -0.2) is 4.79 Å². The van der Waals surface area contributed by atoms with Crippen molar-refractivity contribution in [3.05, 3.63) is 47.6 Å². The number of rotatable bonds is 5. The summed E-state index contributed by atoms with van der Waals surface area (Å²) in [6, 6.07) is 7.69. The summed E-state index contributed by atoms with van der Waals surface area (Å²) in [6.45, 7) is 4.04. The lowest BCUT2D eigenvalue weighted by Gasteiger charge is -1.99. The van der Waals surface area contributed by atoms with Gasteiger partial charge in [0.15, 0.2) is 0 Å². The van der Waals surface area contributed by atoms with Crippen molar-refractivity contribution in [2.75, 3.05) is 13.7 Å². The van der Waals surface area contributed by atoms with E-state index < -0.39 is 0 Å². The van der Waals surface area contributed by atoms with Crippen LogP contribution in [0.5, 0.6) is 5.75 Å². The van der Waals surface area contributed by atoms with Crippen molar-refractivity contribution < 1.29 is 14.3 Å². The highest BCUT2D eigenvalue weighted by atomic mass is 16.5. The second kappa shape index (κ2) is 7.33. The Hall–Kier alpha value is -2.03. The monoisotopic (exact) mass is 246 g/mol. The first-order chi connectivity index (χ1) is 8.65. The van der Waals surface area contributed by atoms with E-state index in [1.54, 1.807) is 14.0 Å². The van der Waals surface area contributed by atoms with Crippen LogP contribution in [-0.2, 0) is 9.53 Å². The molecule has 0 heterocycles. The Balaban J connectivity index is 2.64. The van der Waals surface area contributed by atoms with E-state index in [2.05, 4.69) is 0 Å². The van der Waals surface area contributed by atoms with Crippen LogP contribution in [0.2, 0.25) is 0 Å². The van der Waals surface area contributed by atoms with Crippen molar-refractivity contribution in [2.24, 2.45) is 0 Å². The predicted molar refractivity (Wildman–Crippen MR) is 72.4 cm³/mol. The minimum absolute atomic E-state index is 0.311. The van der Waals surface area contributed by atoms with Gasteiger partial charge in [0, 0.05) is 6.08 Å². The zero-order chi connectivity index (χ0) is 13.4. The molecule has 0 atom stereocenters. The van der Waals surface area contributed by atoms with Gasteiger partial charge >= 0.3 is 5.97 Å². The number of allylic oxidation sites excluding steroid dienone is 2. The molecular weight excluding hydrogens is 228 g/mol. The zero-order valence-electron chi connectivity index (χ0n) is 11.0. The fourth-order valence-corrected chi connectivity index (χ4v) is 1.36. The number of ether oxygens (including phenoxy) is 2. The third-order valence-corrected chi connectivity index (χ3v) is 2.29. The van der Waals surface area contributed by atoms with E-state index in [1.807, 2.05) is 43.3 Å². The van der Waals surface area contributed by atoms with Gasteiger partial charge in [-0.1, -0.05) is 24.3 Å². The van der Waals surface area contributed by atoms with Crippen LogP contribution in [-0.4, -0.2) is 19.7 Å². The van der Waals surface area contributed by atoms with Gasteiger partial charge in [-0.05, 0) is 37.1 Å². The molecule has 0 N–H and O–H groups in total. The lowest BCUT2D eigenvalue weighted by atomic mass is 10.1. The SMILES string of the molecule is CCOC(=O)C=C(C)C=Cc1ccc(OC)cc1. The van der Waals surface area contributed by atoms with Gasteiger partial charge in [-0.15, -0.1) is 0 Å². The number of esters is 1. The Morgan fingerprint density at radius 1 is 1.28 bits per heavy atom. The van der Waals surface area contributed by atoms with E-state index >= 15 is 0 Å². The highest BCUT2D eigenvalue weighted by Crippen LogP contribution is 2.13. The smallest absolute Gasteiger partial charge is 0.330 e. The molecule has 18 heavy (non-hydrogen) atoms. The summed E-state index contributed by atoms with van der Waals surface area (Å²) >= 11 is 0. The van der Waals surface area contributed by atoms with E-state index in [9.17, 15) is 4.79 Å².